The maximum atomic E-state index is 13.3. The number of anilines is 1. The van der Waals surface area contributed by atoms with Gasteiger partial charge in [0.1, 0.15) is 0 Å². The van der Waals surface area contributed by atoms with Crippen LogP contribution in [0.25, 0.3) is 10.9 Å². The molecule has 0 amide bonds. The summed E-state index contributed by atoms with van der Waals surface area (Å²) < 4.78 is 79.8. The second-order valence-corrected chi connectivity index (χ2v) is 8.54. The third kappa shape index (κ3) is 4.33. The molecule has 2 N–H and O–H groups in total. The first-order valence-corrected chi connectivity index (χ1v) is 10.3. The van der Waals surface area contributed by atoms with Gasteiger partial charge in [0.15, 0.2) is 0 Å². The standard InChI is InChI=1S/C20H18ClF6N5O/c1-8(2)15(33)14-13-10(11-7-9(21)3-4-12(11)28-13)5-6-32(14)18-30-16(19(22,23)24)29-17(31-18)20(25,26)27/h3-4,7-8,14-15,28,33H,5-6H2,1-2H3/t14-,15+/m1/s1. The molecule has 0 saturated heterocycles. The molecule has 178 valence electrons. The Morgan fingerprint density at radius 3 is 2.21 bits per heavy atom. The van der Waals surface area contributed by atoms with Crippen LogP contribution < -0.4 is 4.90 Å². The van der Waals surface area contributed by atoms with Gasteiger partial charge in [0.2, 0.25) is 17.6 Å². The molecule has 13 heteroatoms. The van der Waals surface area contributed by atoms with Crippen LogP contribution in [-0.4, -0.2) is 37.7 Å². The van der Waals surface area contributed by atoms with E-state index in [2.05, 4.69) is 19.9 Å². The fourth-order valence-electron chi connectivity index (χ4n) is 3.98. The predicted octanol–water partition coefficient (Wildman–Crippen LogP) is 5.16. The number of H-pyrrole nitrogens is 1. The third-order valence-electron chi connectivity index (χ3n) is 5.53. The number of nitrogens with zero attached hydrogens (tertiary/aromatic N) is 4. The van der Waals surface area contributed by atoms with E-state index in [4.69, 9.17) is 11.6 Å². The van der Waals surface area contributed by atoms with Crippen LogP contribution in [0.2, 0.25) is 5.02 Å². The summed E-state index contributed by atoms with van der Waals surface area (Å²) in [5.41, 5.74) is 1.91. The molecule has 0 aliphatic carbocycles. The van der Waals surface area contributed by atoms with Crippen molar-refractivity contribution in [1.29, 1.82) is 0 Å². The Hall–Kier alpha value is -2.60. The maximum absolute atomic E-state index is 13.3. The quantitative estimate of drug-likeness (QED) is 0.493. The lowest BCUT2D eigenvalue weighted by Crippen LogP contribution is -2.45. The summed E-state index contributed by atoms with van der Waals surface area (Å²) in [4.78, 5) is 13.5. The van der Waals surface area contributed by atoms with Crippen LogP contribution in [0.5, 0.6) is 0 Å². The number of aromatic nitrogens is 4. The van der Waals surface area contributed by atoms with Crippen LogP contribution in [0, 0.1) is 5.92 Å². The van der Waals surface area contributed by atoms with Gasteiger partial charge in [0, 0.05) is 28.2 Å². The van der Waals surface area contributed by atoms with Crippen molar-refractivity contribution >= 4 is 28.5 Å². The molecular formula is C20H18ClF6N5O. The second kappa shape index (κ2) is 8.01. The first kappa shape index (κ1) is 23.6. The summed E-state index contributed by atoms with van der Waals surface area (Å²) in [6.45, 7) is 3.35. The molecule has 0 saturated carbocycles. The van der Waals surface area contributed by atoms with Gasteiger partial charge >= 0.3 is 12.4 Å². The fraction of sp³-hybridized carbons (Fsp3) is 0.450. The van der Waals surface area contributed by atoms with Gasteiger partial charge in [-0.1, -0.05) is 25.4 Å². The Bertz CT molecular complexity index is 1160. The van der Waals surface area contributed by atoms with Gasteiger partial charge in [-0.25, -0.2) is 4.98 Å². The molecule has 1 aliphatic rings. The molecule has 1 aromatic carbocycles. The molecule has 0 spiro atoms. The van der Waals surface area contributed by atoms with Crippen LogP contribution in [0.3, 0.4) is 0 Å². The number of rotatable bonds is 3. The highest BCUT2D eigenvalue weighted by Gasteiger charge is 2.44. The van der Waals surface area contributed by atoms with Gasteiger partial charge in [-0.2, -0.15) is 36.3 Å². The fourth-order valence-corrected chi connectivity index (χ4v) is 4.15. The van der Waals surface area contributed by atoms with Gasteiger partial charge in [-0.3, -0.25) is 0 Å². The van der Waals surface area contributed by atoms with E-state index in [0.29, 0.717) is 16.2 Å². The molecule has 2 aromatic heterocycles. The molecule has 3 aromatic rings. The summed E-state index contributed by atoms with van der Waals surface area (Å²) in [5.74, 6) is -5.10. The summed E-state index contributed by atoms with van der Waals surface area (Å²) in [7, 11) is 0. The Morgan fingerprint density at radius 2 is 1.67 bits per heavy atom. The number of fused-ring (bicyclic) bond motifs is 3. The van der Waals surface area contributed by atoms with Crippen molar-refractivity contribution in [3.63, 3.8) is 0 Å². The van der Waals surface area contributed by atoms with Crippen molar-refractivity contribution in [3.05, 3.63) is 46.1 Å². The zero-order valence-corrected chi connectivity index (χ0v) is 18.0. The van der Waals surface area contributed by atoms with Crippen molar-refractivity contribution < 1.29 is 31.4 Å². The van der Waals surface area contributed by atoms with E-state index < -0.39 is 42.1 Å². The summed E-state index contributed by atoms with van der Waals surface area (Å²) in [6.07, 6.45) is -11.3. The Kier molecular flexibility index (Phi) is 5.72. The molecule has 0 fully saturated rings. The van der Waals surface area contributed by atoms with Crippen LogP contribution in [0.1, 0.15) is 42.8 Å². The topological polar surface area (TPSA) is 77.9 Å². The summed E-state index contributed by atoms with van der Waals surface area (Å²) >= 11 is 6.10. The number of hydrogen-bond donors (Lipinski definition) is 2. The minimum Gasteiger partial charge on any atom is -0.390 e. The maximum Gasteiger partial charge on any atom is 0.451 e. The number of aromatic amines is 1. The number of benzene rings is 1. The highest BCUT2D eigenvalue weighted by Crippen LogP contribution is 2.41. The molecule has 1 aliphatic heterocycles. The van der Waals surface area contributed by atoms with E-state index >= 15 is 0 Å². The molecule has 0 radical (unpaired) electrons. The number of aliphatic hydroxyl groups is 1. The predicted molar refractivity (Wildman–Crippen MR) is 108 cm³/mol. The average molecular weight is 494 g/mol. The average Bonchev–Trinajstić information content (AvgIpc) is 3.08. The molecule has 0 bridgehead atoms. The second-order valence-electron chi connectivity index (χ2n) is 8.11. The van der Waals surface area contributed by atoms with E-state index in [1.807, 2.05) is 0 Å². The van der Waals surface area contributed by atoms with Crippen LogP contribution >= 0.6 is 11.6 Å². The first-order chi connectivity index (χ1) is 15.3. The lowest BCUT2D eigenvalue weighted by Gasteiger charge is -2.39. The van der Waals surface area contributed by atoms with E-state index in [1.54, 1.807) is 32.0 Å². The molecule has 33 heavy (non-hydrogen) atoms. The number of halogens is 7. The third-order valence-corrected chi connectivity index (χ3v) is 5.76. The zero-order valence-electron chi connectivity index (χ0n) is 17.3. The van der Waals surface area contributed by atoms with Gasteiger partial charge in [-0.05, 0) is 36.1 Å². The number of hydrogen-bond acceptors (Lipinski definition) is 5. The van der Waals surface area contributed by atoms with Crippen molar-refractivity contribution in [1.82, 2.24) is 19.9 Å². The SMILES string of the molecule is CC(C)[C@H](O)[C@H]1c2[nH]c3ccc(Cl)cc3c2CCN1c1nc(C(F)(F)F)nc(C(F)(F)F)n1. The lowest BCUT2D eigenvalue weighted by molar-refractivity contribution is -0.155. The molecule has 6 nitrogen and oxygen atoms in total. The van der Waals surface area contributed by atoms with E-state index in [9.17, 15) is 31.4 Å². The Labute approximate surface area is 188 Å². The summed E-state index contributed by atoms with van der Waals surface area (Å²) in [5, 5.41) is 12.2. The van der Waals surface area contributed by atoms with Crippen LogP contribution in [-0.2, 0) is 18.8 Å². The largest absolute Gasteiger partial charge is 0.451 e. The molecule has 2 atom stereocenters. The van der Waals surface area contributed by atoms with Crippen molar-refractivity contribution in [2.75, 3.05) is 11.4 Å². The van der Waals surface area contributed by atoms with E-state index in [0.717, 1.165) is 15.8 Å². The van der Waals surface area contributed by atoms with Crippen molar-refractivity contribution in [3.8, 4) is 0 Å². The van der Waals surface area contributed by atoms with Gasteiger partial charge in [0.25, 0.3) is 0 Å². The Morgan fingerprint density at radius 1 is 1.06 bits per heavy atom. The minimum absolute atomic E-state index is 0.0283. The van der Waals surface area contributed by atoms with Crippen LogP contribution in [0.4, 0.5) is 32.3 Å². The number of nitrogens with one attached hydrogen (secondary N) is 1. The van der Waals surface area contributed by atoms with Gasteiger partial charge < -0.3 is 15.0 Å². The van der Waals surface area contributed by atoms with Gasteiger partial charge in [0.05, 0.1) is 12.1 Å². The molecule has 0 unspecified atom stereocenters. The summed E-state index contributed by atoms with van der Waals surface area (Å²) in [6, 6.07) is 4.05. The highest BCUT2D eigenvalue weighted by molar-refractivity contribution is 6.31. The number of alkyl halides is 6. The van der Waals surface area contributed by atoms with E-state index in [-0.39, 0.29) is 18.9 Å². The van der Waals surface area contributed by atoms with Crippen molar-refractivity contribution in [2.45, 2.75) is 44.8 Å². The highest BCUT2D eigenvalue weighted by atomic mass is 35.5. The molecule has 3 heterocycles. The minimum atomic E-state index is -5.22. The monoisotopic (exact) mass is 493 g/mol. The van der Waals surface area contributed by atoms with Crippen LogP contribution in [0.15, 0.2) is 18.2 Å². The first-order valence-electron chi connectivity index (χ1n) is 9.92. The molecule has 4 rings (SSSR count). The normalized spacial score (nSPS) is 18.2. The Balaban J connectivity index is 1.91. The van der Waals surface area contributed by atoms with Gasteiger partial charge in [-0.15, -0.1) is 0 Å². The van der Waals surface area contributed by atoms with Crippen molar-refractivity contribution in [2.24, 2.45) is 5.92 Å². The van der Waals surface area contributed by atoms with E-state index in [1.165, 1.54) is 0 Å². The molecular weight excluding hydrogens is 476 g/mol. The smallest absolute Gasteiger partial charge is 0.390 e. The zero-order chi connectivity index (χ0) is 24.3. The lowest BCUT2D eigenvalue weighted by atomic mass is 9.89. The number of aliphatic hydroxyl groups excluding tert-OH is 1.